The van der Waals surface area contributed by atoms with Crippen molar-refractivity contribution in [3.05, 3.63) is 23.9 Å². The average molecular weight is 263 g/mol. The highest BCUT2D eigenvalue weighted by molar-refractivity contribution is 8.00. The molecule has 2 heterocycles. The van der Waals surface area contributed by atoms with E-state index in [-0.39, 0.29) is 0 Å². The molecule has 3 rings (SSSR count). The lowest BCUT2D eigenvalue weighted by molar-refractivity contribution is 0.677. The lowest BCUT2D eigenvalue weighted by Crippen LogP contribution is -2.38. The van der Waals surface area contributed by atoms with Crippen LogP contribution in [-0.4, -0.2) is 35.1 Å². The highest BCUT2D eigenvalue weighted by atomic mass is 32.2. The molecule has 4 heteroatoms. The van der Waals surface area contributed by atoms with Crippen molar-refractivity contribution in [3.8, 4) is 0 Å². The van der Waals surface area contributed by atoms with E-state index in [0.29, 0.717) is 5.25 Å². The van der Waals surface area contributed by atoms with Crippen LogP contribution in [0.15, 0.2) is 18.3 Å². The second-order valence-corrected chi connectivity index (χ2v) is 6.82. The molecule has 2 aliphatic rings. The Labute approximate surface area is 113 Å². The van der Waals surface area contributed by atoms with Gasteiger partial charge >= 0.3 is 0 Å². The summed E-state index contributed by atoms with van der Waals surface area (Å²) in [5.41, 5.74) is 1.35. The summed E-state index contributed by atoms with van der Waals surface area (Å²) in [7, 11) is 0. The van der Waals surface area contributed by atoms with Crippen molar-refractivity contribution in [1.29, 1.82) is 0 Å². The van der Waals surface area contributed by atoms with Gasteiger partial charge in [0.05, 0.1) is 0 Å². The molecule has 1 aliphatic carbocycles. The molecule has 1 aromatic heterocycles. The molecule has 1 aliphatic heterocycles. The van der Waals surface area contributed by atoms with Crippen LogP contribution in [-0.2, 0) is 6.54 Å². The van der Waals surface area contributed by atoms with Gasteiger partial charge in [-0.2, -0.15) is 11.8 Å². The Balaban J connectivity index is 1.72. The van der Waals surface area contributed by atoms with E-state index in [1.54, 1.807) is 0 Å². The molecule has 98 valence electrons. The Morgan fingerprint density at radius 3 is 3.17 bits per heavy atom. The molecule has 1 N–H and O–H groups in total. The van der Waals surface area contributed by atoms with Crippen LogP contribution in [0.5, 0.6) is 0 Å². The zero-order valence-corrected chi connectivity index (χ0v) is 11.7. The monoisotopic (exact) mass is 263 g/mol. The summed E-state index contributed by atoms with van der Waals surface area (Å²) in [5.74, 6) is 2.41. The van der Waals surface area contributed by atoms with Gasteiger partial charge in [0.2, 0.25) is 0 Å². The summed E-state index contributed by atoms with van der Waals surface area (Å²) in [4.78, 5) is 7.06. The summed E-state index contributed by atoms with van der Waals surface area (Å²) in [5, 5.41) is 4.30. The maximum absolute atomic E-state index is 4.61. The number of thioether (sulfide) groups is 1. The first-order valence-corrected chi connectivity index (χ1v) is 7.91. The third-order valence-corrected chi connectivity index (χ3v) is 4.70. The number of hydrogen-bond donors (Lipinski definition) is 1. The number of nitrogens with zero attached hydrogens (tertiary/aromatic N) is 2. The van der Waals surface area contributed by atoms with E-state index < -0.39 is 0 Å². The van der Waals surface area contributed by atoms with Crippen molar-refractivity contribution in [2.24, 2.45) is 0 Å². The number of aromatic nitrogens is 1. The van der Waals surface area contributed by atoms with Gasteiger partial charge in [-0.15, -0.1) is 0 Å². The predicted molar refractivity (Wildman–Crippen MR) is 78.2 cm³/mol. The number of rotatable bonds is 4. The smallest absolute Gasteiger partial charge is 0.133 e. The van der Waals surface area contributed by atoms with E-state index in [1.165, 1.54) is 30.0 Å². The number of nitrogens with one attached hydrogen (secondary N) is 1. The van der Waals surface area contributed by atoms with Gasteiger partial charge < -0.3 is 10.2 Å². The number of pyridine rings is 1. The summed E-state index contributed by atoms with van der Waals surface area (Å²) in [6, 6.07) is 5.02. The molecular weight excluding hydrogens is 242 g/mol. The standard InChI is InChI=1S/C14H21N3S/c1-11-10-17(7-8-18-11)14-12(3-2-6-15-14)9-16-13-4-5-13/h2-3,6,11,13,16H,4-5,7-10H2,1H3. The fourth-order valence-electron chi connectivity index (χ4n) is 2.41. The lowest BCUT2D eigenvalue weighted by atomic mass is 10.2. The second-order valence-electron chi connectivity index (χ2n) is 5.27. The van der Waals surface area contributed by atoms with Gasteiger partial charge in [-0.3, -0.25) is 0 Å². The molecular formula is C14H21N3S. The minimum absolute atomic E-state index is 0.713. The third kappa shape index (κ3) is 2.98. The first-order valence-electron chi connectivity index (χ1n) is 6.87. The molecule has 3 nitrogen and oxygen atoms in total. The number of anilines is 1. The van der Waals surface area contributed by atoms with E-state index in [1.807, 2.05) is 6.20 Å². The van der Waals surface area contributed by atoms with Gasteiger partial charge in [-0.05, 0) is 18.9 Å². The number of hydrogen-bond acceptors (Lipinski definition) is 4. The maximum atomic E-state index is 4.61. The Morgan fingerprint density at radius 2 is 2.39 bits per heavy atom. The van der Waals surface area contributed by atoms with Gasteiger partial charge in [0.15, 0.2) is 0 Å². The minimum Gasteiger partial charge on any atom is -0.354 e. The lowest BCUT2D eigenvalue weighted by Gasteiger charge is -2.32. The zero-order chi connectivity index (χ0) is 12.4. The first kappa shape index (κ1) is 12.3. The van der Waals surface area contributed by atoms with Gasteiger partial charge in [0, 0.05) is 48.4 Å². The molecule has 1 aromatic rings. The fourth-order valence-corrected chi connectivity index (χ4v) is 3.42. The first-order chi connectivity index (χ1) is 8.83. The second kappa shape index (κ2) is 5.49. The summed E-state index contributed by atoms with van der Waals surface area (Å²) in [6.07, 6.45) is 4.60. The van der Waals surface area contributed by atoms with E-state index in [0.717, 1.165) is 25.7 Å². The van der Waals surface area contributed by atoms with Crippen molar-refractivity contribution in [2.75, 3.05) is 23.7 Å². The van der Waals surface area contributed by atoms with Crippen LogP contribution in [0.25, 0.3) is 0 Å². The predicted octanol–water partition coefficient (Wildman–Crippen LogP) is 2.28. The average Bonchev–Trinajstić information content (AvgIpc) is 3.21. The highest BCUT2D eigenvalue weighted by Gasteiger charge is 2.23. The SMILES string of the molecule is CC1CN(c2ncccc2CNC2CC2)CCS1. The Morgan fingerprint density at radius 1 is 1.50 bits per heavy atom. The zero-order valence-electron chi connectivity index (χ0n) is 10.9. The molecule has 0 bridgehead atoms. The Kier molecular flexibility index (Phi) is 3.75. The third-order valence-electron chi connectivity index (χ3n) is 3.57. The van der Waals surface area contributed by atoms with Crippen LogP contribution in [0.2, 0.25) is 0 Å². The Hall–Kier alpha value is -0.740. The van der Waals surface area contributed by atoms with Gasteiger partial charge in [-0.1, -0.05) is 13.0 Å². The fraction of sp³-hybridized carbons (Fsp3) is 0.643. The molecule has 0 radical (unpaired) electrons. The van der Waals surface area contributed by atoms with Crippen molar-refractivity contribution in [3.63, 3.8) is 0 Å². The molecule has 1 unspecified atom stereocenters. The van der Waals surface area contributed by atoms with Crippen LogP contribution >= 0.6 is 11.8 Å². The summed E-state index contributed by atoms with van der Waals surface area (Å²) < 4.78 is 0. The molecule has 0 aromatic carbocycles. The normalized spacial score (nSPS) is 24.3. The van der Waals surface area contributed by atoms with Gasteiger partial charge in [0.1, 0.15) is 5.82 Å². The van der Waals surface area contributed by atoms with Crippen molar-refractivity contribution < 1.29 is 0 Å². The highest BCUT2D eigenvalue weighted by Crippen LogP contribution is 2.26. The molecule has 18 heavy (non-hydrogen) atoms. The van der Waals surface area contributed by atoms with Crippen LogP contribution in [0.4, 0.5) is 5.82 Å². The van der Waals surface area contributed by atoms with E-state index >= 15 is 0 Å². The molecule has 2 fully saturated rings. The molecule has 1 atom stereocenters. The van der Waals surface area contributed by atoms with E-state index in [9.17, 15) is 0 Å². The molecule has 0 amide bonds. The van der Waals surface area contributed by atoms with Crippen molar-refractivity contribution in [1.82, 2.24) is 10.3 Å². The van der Waals surface area contributed by atoms with Crippen LogP contribution in [0.3, 0.4) is 0 Å². The van der Waals surface area contributed by atoms with Crippen molar-refractivity contribution in [2.45, 2.75) is 37.6 Å². The minimum atomic E-state index is 0.713. The quantitative estimate of drug-likeness (QED) is 0.902. The van der Waals surface area contributed by atoms with Crippen molar-refractivity contribution >= 4 is 17.6 Å². The molecule has 1 saturated heterocycles. The van der Waals surface area contributed by atoms with Crippen LogP contribution < -0.4 is 10.2 Å². The largest absolute Gasteiger partial charge is 0.354 e. The van der Waals surface area contributed by atoms with Gasteiger partial charge in [-0.25, -0.2) is 4.98 Å². The van der Waals surface area contributed by atoms with Crippen LogP contribution in [0.1, 0.15) is 25.3 Å². The van der Waals surface area contributed by atoms with E-state index in [2.05, 4.69) is 46.0 Å². The molecule has 0 spiro atoms. The van der Waals surface area contributed by atoms with Gasteiger partial charge in [0.25, 0.3) is 0 Å². The van der Waals surface area contributed by atoms with E-state index in [4.69, 9.17) is 0 Å². The summed E-state index contributed by atoms with van der Waals surface area (Å²) in [6.45, 7) is 5.52. The van der Waals surface area contributed by atoms with Crippen LogP contribution in [0, 0.1) is 0 Å². The topological polar surface area (TPSA) is 28.2 Å². The summed E-state index contributed by atoms with van der Waals surface area (Å²) >= 11 is 2.07. The molecule has 1 saturated carbocycles. The Bertz CT molecular complexity index is 406. The maximum Gasteiger partial charge on any atom is 0.133 e.